The first kappa shape index (κ1) is 27.4. The second-order valence-corrected chi connectivity index (χ2v) is 12.3. The molecule has 0 aliphatic carbocycles. The molecule has 8 nitrogen and oxygen atoms in total. The number of H-pyrrole nitrogens is 1. The summed E-state index contributed by atoms with van der Waals surface area (Å²) in [6.45, 7) is 0.541. The number of hydrogen-bond donors (Lipinski definition) is 4. The van der Waals surface area contributed by atoms with E-state index in [1.165, 1.54) is 12.1 Å². The Morgan fingerprint density at radius 2 is 1.43 bits per heavy atom. The van der Waals surface area contributed by atoms with Crippen molar-refractivity contribution in [1.29, 1.82) is 0 Å². The molecule has 0 aliphatic heterocycles. The topological polar surface area (TPSA) is 142 Å². The third kappa shape index (κ3) is 5.85. The SMILES string of the molecule is NCCc1c[nH]c2ccc(NS(=O)(=O)c3cccc4ccccc34)cc12.O=S(=O)(O)c1ccc2ccccc2c1. The van der Waals surface area contributed by atoms with Gasteiger partial charge in [0.2, 0.25) is 0 Å². The Balaban J connectivity index is 0.000000194. The first-order valence-electron chi connectivity index (χ1n) is 12.4. The van der Waals surface area contributed by atoms with Crippen LogP contribution in [0.25, 0.3) is 32.4 Å². The Labute approximate surface area is 232 Å². The fourth-order valence-corrected chi connectivity index (χ4v) is 6.37. The van der Waals surface area contributed by atoms with Crippen molar-refractivity contribution in [3.8, 4) is 0 Å². The fourth-order valence-electron chi connectivity index (χ4n) is 4.57. The van der Waals surface area contributed by atoms with Crippen LogP contribution >= 0.6 is 0 Å². The minimum Gasteiger partial charge on any atom is -0.361 e. The monoisotopic (exact) mass is 573 g/mol. The molecule has 0 spiro atoms. The van der Waals surface area contributed by atoms with Crippen LogP contribution in [0.2, 0.25) is 0 Å². The van der Waals surface area contributed by atoms with E-state index in [0.717, 1.165) is 39.0 Å². The lowest BCUT2D eigenvalue weighted by molar-refractivity contribution is 0.483. The highest BCUT2D eigenvalue weighted by molar-refractivity contribution is 7.93. The van der Waals surface area contributed by atoms with Gasteiger partial charge in [0.25, 0.3) is 20.1 Å². The van der Waals surface area contributed by atoms with Crippen LogP contribution in [-0.4, -0.2) is 32.9 Å². The van der Waals surface area contributed by atoms with E-state index >= 15 is 0 Å². The van der Waals surface area contributed by atoms with Gasteiger partial charge in [0, 0.05) is 28.2 Å². The Morgan fingerprint density at radius 3 is 2.17 bits per heavy atom. The van der Waals surface area contributed by atoms with Crippen LogP contribution < -0.4 is 10.5 Å². The molecule has 0 amide bonds. The van der Waals surface area contributed by atoms with Crippen LogP contribution in [0.4, 0.5) is 5.69 Å². The van der Waals surface area contributed by atoms with Gasteiger partial charge in [-0.05, 0) is 71.1 Å². The molecule has 0 saturated heterocycles. The van der Waals surface area contributed by atoms with Crippen molar-refractivity contribution in [3.05, 3.63) is 115 Å². The van der Waals surface area contributed by atoms with Crippen molar-refractivity contribution >= 4 is 58.3 Å². The second kappa shape index (κ2) is 11.1. The molecule has 5 N–H and O–H groups in total. The molecule has 5 aromatic carbocycles. The quantitative estimate of drug-likeness (QED) is 0.188. The number of benzene rings is 5. The van der Waals surface area contributed by atoms with Gasteiger partial charge in [-0.2, -0.15) is 8.42 Å². The van der Waals surface area contributed by atoms with E-state index < -0.39 is 20.1 Å². The largest absolute Gasteiger partial charge is 0.361 e. The zero-order valence-electron chi connectivity index (χ0n) is 21.3. The molecule has 204 valence electrons. The summed E-state index contributed by atoms with van der Waals surface area (Å²) in [6.07, 6.45) is 2.65. The number of aromatic nitrogens is 1. The number of hydrogen-bond acceptors (Lipinski definition) is 5. The Bertz CT molecular complexity index is 2050. The zero-order valence-corrected chi connectivity index (χ0v) is 22.9. The Hall–Kier alpha value is -4.22. The predicted molar refractivity (Wildman–Crippen MR) is 160 cm³/mol. The summed E-state index contributed by atoms with van der Waals surface area (Å²) in [5.41, 5.74) is 8.22. The Morgan fingerprint density at radius 1 is 0.725 bits per heavy atom. The number of anilines is 1. The van der Waals surface area contributed by atoms with Gasteiger partial charge in [-0.1, -0.05) is 66.7 Å². The Kier molecular flexibility index (Phi) is 7.59. The molecule has 6 rings (SSSR count). The molecular weight excluding hydrogens is 546 g/mol. The smallest absolute Gasteiger partial charge is 0.294 e. The number of rotatable bonds is 6. The molecule has 0 radical (unpaired) electrons. The van der Waals surface area contributed by atoms with Gasteiger partial charge < -0.3 is 10.7 Å². The predicted octanol–water partition coefficient (Wildman–Crippen LogP) is 5.71. The maximum absolute atomic E-state index is 13.0. The van der Waals surface area contributed by atoms with E-state index in [0.29, 0.717) is 17.6 Å². The molecule has 40 heavy (non-hydrogen) atoms. The van der Waals surface area contributed by atoms with E-state index in [4.69, 9.17) is 10.3 Å². The molecular formula is C30H27N3O5S2. The first-order chi connectivity index (χ1) is 19.2. The van der Waals surface area contributed by atoms with Gasteiger partial charge >= 0.3 is 0 Å². The highest BCUT2D eigenvalue weighted by Gasteiger charge is 2.18. The van der Waals surface area contributed by atoms with Gasteiger partial charge in [-0.3, -0.25) is 9.27 Å². The summed E-state index contributed by atoms with van der Waals surface area (Å²) < 4.78 is 59.1. The fraction of sp³-hybridized carbons (Fsp3) is 0.0667. The van der Waals surface area contributed by atoms with E-state index in [2.05, 4.69) is 9.71 Å². The maximum atomic E-state index is 13.0. The number of nitrogens with one attached hydrogen (secondary N) is 2. The van der Waals surface area contributed by atoms with Crippen molar-refractivity contribution in [2.24, 2.45) is 5.73 Å². The summed E-state index contributed by atoms with van der Waals surface area (Å²) >= 11 is 0. The zero-order chi connectivity index (χ0) is 28.3. The van der Waals surface area contributed by atoms with Gasteiger partial charge in [0.1, 0.15) is 0 Å². The minimum atomic E-state index is -4.09. The number of sulfonamides is 1. The third-order valence-electron chi connectivity index (χ3n) is 6.49. The molecule has 10 heteroatoms. The van der Waals surface area contributed by atoms with Crippen molar-refractivity contribution in [1.82, 2.24) is 4.98 Å². The van der Waals surface area contributed by atoms with Gasteiger partial charge in [0.15, 0.2) is 0 Å². The van der Waals surface area contributed by atoms with Crippen molar-refractivity contribution in [2.75, 3.05) is 11.3 Å². The van der Waals surface area contributed by atoms with Crippen LogP contribution in [0.15, 0.2) is 119 Å². The number of aromatic amines is 1. The lowest BCUT2D eigenvalue weighted by atomic mass is 10.1. The molecule has 0 atom stereocenters. The molecule has 0 fully saturated rings. The molecule has 1 aromatic heterocycles. The highest BCUT2D eigenvalue weighted by atomic mass is 32.2. The summed E-state index contributed by atoms with van der Waals surface area (Å²) in [7, 11) is -7.80. The number of fused-ring (bicyclic) bond motifs is 3. The van der Waals surface area contributed by atoms with Crippen LogP contribution in [-0.2, 0) is 26.6 Å². The van der Waals surface area contributed by atoms with Crippen molar-refractivity contribution < 1.29 is 21.4 Å². The van der Waals surface area contributed by atoms with Gasteiger partial charge in [-0.15, -0.1) is 0 Å². The number of nitrogens with two attached hydrogens (primary N) is 1. The van der Waals surface area contributed by atoms with E-state index in [9.17, 15) is 16.8 Å². The highest BCUT2D eigenvalue weighted by Crippen LogP contribution is 2.27. The normalized spacial score (nSPS) is 11.8. The van der Waals surface area contributed by atoms with Crippen molar-refractivity contribution in [3.63, 3.8) is 0 Å². The lowest BCUT2D eigenvalue weighted by Crippen LogP contribution is -2.13. The summed E-state index contributed by atoms with van der Waals surface area (Å²) in [5, 5.41) is 4.31. The lowest BCUT2D eigenvalue weighted by Gasteiger charge is -2.11. The first-order valence-corrected chi connectivity index (χ1v) is 15.3. The summed E-state index contributed by atoms with van der Waals surface area (Å²) in [4.78, 5) is 3.38. The summed E-state index contributed by atoms with van der Waals surface area (Å²) in [6, 6.07) is 30.1. The molecule has 1 heterocycles. The maximum Gasteiger partial charge on any atom is 0.294 e. The summed E-state index contributed by atoms with van der Waals surface area (Å²) in [5.74, 6) is 0. The third-order valence-corrected chi connectivity index (χ3v) is 8.78. The average Bonchev–Trinajstić information content (AvgIpc) is 3.34. The van der Waals surface area contributed by atoms with Gasteiger partial charge in [0.05, 0.1) is 9.79 Å². The molecule has 0 saturated carbocycles. The second-order valence-electron chi connectivity index (χ2n) is 9.18. The van der Waals surface area contributed by atoms with Crippen LogP contribution in [0, 0.1) is 0 Å². The average molecular weight is 574 g/mol. The standard InChI is InChI=1S/C20H19N3O2S.C10H8O3S/c21-11-10-15-13-22-19-9-8-16(12-18(15)19)23-26(24,25)20-7-3-5-14-4-1-2-6-17(14)20;11-14(12,13)10-6-5-8-3-1-2-4-9(8)7-10/h1-9,12-13,22-23H,10-11,21H2;1-7H,(H,11,12,13). The van der Waals surface area contributed by atoms with Crippen LogP contribution in [0.3, 0.4) is 0 Å². The van der Waals surface area contributed by atoms with E-state index in [1.54, 1.807) is 30.3 Å². The molecule has 6 aromatic rings. The molecule has 0 aliphatic rings. The molecule has 0 bridgehead atoms. The van der Waals surface area contributed by atoms with E-state index in [1.807, 2.05) is 66.9 Å². The minimum absolute atomic E-state index is 0.0730. The molecule has 0 unspecified atom stereocenters. The van der Waals surface area contributed by atoms with Gasteiger partial charge in [-0.25, -0.2) is 8.42 Å². The van der Waals surface area contributed by atoms with Crippen LogP contribution in [0.5, 0.6) is 0 Å². The van der Waals surface area contributed by atoms with Crippen LogP contribution in [0.1, 0.15) is 5.56 Å². The van der Waals surface area contributed by atoms with E-state index in [-0.39, 0.29) is 9.79 Å². The van der Waals surface area contributed by atoms with Crippen molar-refractivity contribution in [2.45, 2.75) is 16.2 Å².